The van der Waals surface area contributed by atoms with Gasteiger partial charge in [-0.05, 0) is 31.0 Å². The summed E-state index contributed by atoms with van der Waals surface area (Å²) < 4.78 is 0. The number of rotatable bonds is 3. The molecule has 88 valence electrons. The van der Waals surface area contributed by atoms with Crippen LogP contribution in [0.25, 0.3) is 0 Å². The van der Waals surface area contributed by atoms with E-state index in [4.69, 9.17) is 10.8 Å². The summed E-state index contributed by atoms with van der Waals surface area (Å²) >= 11 is 0. The maximum Gasteiger partial charge on any atom is 0.246 e. The molecule has 1 unspecified atom stereocenters. The molecular weight excluding hydrogens is 204 g/mol. The number of amides is 1. The molecule has 3 N–H and O–H groups in total. The first-order valence-corrected chi connectivity index (χ1v) is 5.18. The van der Waals surface area contributed by atoms with E-state index in [1.54, 1.807) is 7.05 Å². The summed E-state index contributed by atoms with van der Waals surface area (Å²) in [5, 5.41) is 8.85. The Hall–Kier alpha value is -1.39. The van der Waals surface area contributed by atoms with Crippen LogP contribution in [0.1, 0.15) is 11.1 Å². The molecule has 1 rings (SSSR count). The van der Waals surface area contributed by atoms with Gasteiger partial charge in [0.25, 0.3) is 0 Å². The normalized spacial score (nSPS) is 12.3. The smallest absolute Gasteiger partial charge is 0.246 e. The van der Waals surface area contributed by atoms with Crippen LogP contribution in [0.3, 0.4) is 0 Å². The molecule has 0 fully saturated rings. The zero-order chi connectivity index (χ0) is 12.3. The molecule has 0 radical (unpaired) electrons. The summed E-state index contributed by atoms with van der Waals surface area (Å²) in [6.07, 6.45) is 0. The van der Waals surface area contributed by atoms with Gasteiger partial charge in [-0.15, -0.1) is 0 Å². The van der Waals surface area contributed by atoms with Gasteiger partial charge in [0.1, 0.15) is 6.04 Å². The molecule has 0 bridgehead atoms. The Morgan fingerprint density at radius 3 is 2.69 bits per heavy atom. The maximum atomic E-state index is 11.8. The highest BCUT2D eigenvalue weighted by Crippen LogP contribution is 2.20. The lowest BCUT2D eigenvalue weighted by molar-refractivity contribution is -0.120. The van der Waals surface area contributed by atoms with E-state index in [9.17, 15) is 4.79 Å². The quantitative estimate of drug-likeness (QED) is 0.786. The summed E-state index contributed by atoms with van der Waals surface area (Å²) in [5.41, 5.74) is 8.42. The second-order valence-corrected chi connectivity index (χ2v) is 3.98. The number of nitrogens with two attached hydrogens (primary N) is 1. The van der Waals surface area contributed by atoms with E-state index in [2.05, 4.69) is 0 Å². The second-order valence-electron chi connectivity index (χ2n) is 3.98. The van der Waals surface area contributed by atoms with E-state index in [1.165, 1.54) is 4.90 Å². The van der Waals surface area contributed by atoms with Gasteiger partial charge in [0.05, 0.1) is 6.61 Å². The third-order valence-corrected chi connectivity index (χ3v) is 2.57. The van der Waals surface area contributed by atoms with E-state index >= 15 is 0 Å². The molecule has 0 heterocycles. The number of hydrogen-bond donors (Lipinski definition) is 2. The molecular formula is C12H18N2O2. The average Bonchev–Trinajstić information content (AvgIpc) is 2.29. The maximum absolute atomic E-state index is 11.8. The Labute approximate surface area is 95.7 Å². The number of carbonyl (C=O) groups is 1. The van der Waals surface area contributed by atoms with Crippen molar-refractivity contribution in [3.63, 3.8) is 0 Å². The number of likely N-dealkylation sites (N-methyl/N-ethyl adjacent to an activating group) is 1. The minimum absolute atomic E-state index is 0.281. The Morgan fingerprint density at radius 2 is 2.12 bits per heavy atom. The van der Waals surface area contributed by atoms with Crippen molar-refractivity contribution in [1.29, 1.82) is 0 Å². The van der Waals surface area contributed by atoms with Crippen molar-refractivity contribution in [3.8, 4) is 0 Å². The molecule has 1 aromatic carbocycles. The number of benzene rings is 1. The highest BCUT2D eigenvalue weighted by molar-refractivity contribution is 5.97. The molecule has 0 aliphatic heterocycles. The van der Waals surface area contributed by atoms with Crippen molar-refractivity contribution in [2.45, 2.75) is 19.9 Å². The fourth-order valence-corrected chi connectivity index (χ4v) is 1.53. The highest BCUT2D eigenvalue weighted by atomic mass is 16.3. The summed E-state index contributed by atoms with van der Waals surface area (Å²) in [6.45, 7) is 3.56. The lowest BCUT2D eigenvalue weighted by atomic mass is 10.1. The fourth-order valence-electron chi connectivity index (χ4n) is 1.53. The second kappa shape index (κ2) is 5.09. The van der Waals surface area contributed by atoms with E-state index in [0.717, 1.165) is 16.8 Å². The van der Waals surface area contributed by atoms with Crippen LogP contribution in [0.4, 0.5) is 5.69 Å². The van der Waals surface area contributed by atoms with Gasteiger partial charge in [-0.3, -0.25) is 4.79 Å². The molecule has 1 amide bonds. The monoisotopic (exact) mass is 222 g/mol. The minimum Gasteiger partial charge on any atom is -0.394 e. The Kier molecular flexibility index (Phi) is 4.04. The van der Waals surface area contributed by atoms with Crippen LogP contribution in [0.5, 0.6) is 0 Å². The van der Waals surface area contributed by atoms with Crippen LogP contribution in [-0.4, -0.2) is 30.7 Å². The van der Waals surface area contributed by atoms with Crippen LogP contribution in [-0.2, 0) is 4.79 Å². The van der Waals surface area contributed by atoms with Gasteiger partial charge in [-0.2, -0.15) is 0 Å². The molecule has 0 aliphatic carbocycles. The SMILES string of the molecule is Cc1ccc(C)c(N(C)C(=O)C(N)CO)c1. The first-order chi connectivity index (χ1) is 7.47. The van der Waals surface area contributed by atoms with Gasteiger partial charge < -0.3 is 15.7 Å². The lowest BCUT2D eigenvalue weighted by Gasteiger charge is -2.22. The van der Waals surface area contributed by atoms with Crippen LogP contribution < -0.4 is 10.6 Å². The Balaban J connectivity index is 3.00. The summed E-state index contributed by atoms with van der Waals surface area (Å²) in [7, 11) is 1.67. The largest absolute Gasteiger partial charge is 0.394 e. The van der Waals surface area contributed by atoms with Crippen LogP contribution in [0.2, 0.25) is 0 Å². The van der Waals surface area contributed by atoms with Gasteiger partial charge >= 0.3 is 0 Å². The predicted octanol–water partition coefficient (Wildman–Crippen LogP) is 0.586. The zero-order valence-electron chi connectivity index (χ0n) is 9.90. The topological polar surface area (TPSA) is 66.6 Å². The number of nitrogens with zero attached hydrogens (tertiary/aromatic N) is 1. The number of aryl methyl sites for hydroxylation is 2. The molecule has 0 spiro atoms. The van der Waals surface area contributed by atoms with Crippen molar-refractivity contribution in [3.05, 3.63) is 29.3 Å². The first-order valence-electron chi connectivity index (χ1n) is 5.18. The molecule has 0 aliphatic rings. The lowest BCUT2D eigenvalue weighted by Crippen LogP contribution is -2.44. The van der Waals surface area contributed by atoms with Gasteiger partial charge in [0, 0.05) is 12.7 Å². The summed E-state index contributed by atoms with van der Waals surface area (Å²) in [5.74, 6) is -0.281. The molecule has 4 nitrogen and oxygen atoms in total. The van der Waals surface area contributed by atoms with Gasteiger partial charge in [-0.25, -0.2) is 0 Å². The third kappa shape index (κ3) is 2.59. The Morgan fingerprint density at radius 1 is 1.50 bits per heavy atom. The molecule has 1 aromatic rings. The first kappa shape index (κ1) is 12.7. The minimum atomic E-state index is -0.857. The van der Waals surface area contributed by atoms with Crippen LogP contribution in [0.15, 0.2) is 18.2 Å². The predicted molar refractivity (Wildman–Crippen MR) is 64.4 cm³/mol. The van der Waals surface area contributed by atoms with Gasteiger partial charge in [-0.1, -0.05) is 12.1 Å². The number of aliphatic hydroxyl groups excluding tert-OH is 1. The summed E-state index contributed by atoms with van der Waals surface area (Å²) in [6, 6.07) is 5.02. The number of hydrogen-bond acceptors (Lipinski definition) is 3. The van der Waals surface area contributed by atoms with Crippen molar-refractivity contribution in [2.75, 3.05) is 18.6 Å². The molecule has 0 aromatic heterocycles. The van der Waals surface area contributed by atoms with E-state index in [0.29, 0.717) is 0 Å². The van der Waals surface area contributed by atoms with Gasteiger partial charge in [0.2, 0.25) is 5.91 Å². The number of anilines is 1. The van der Waals surface area contributed by atoms with Crippen molar-refractivity contribution < 1.29 is 9.90 Å². The number of aliphatic hydroxyl groups is 1. The van der Waals surface area contributed by atoms with E-state index in [1.807, 2.05) is 32.0 Å². The molecule has 4 heteroatoms. The standard InChI is InChI=1S/C12H18N2O2/c1-8-4-5-9(2)11(6-8)14(3)12(16)10(13)7-15/h4-6,10,15H,7,13H2,1-3H3. The summed E-state index contributed by atoms with van der Waals surface area (Å²) in [4.78, 5) is 13.3. The van der Waals surface area contributed by atoms with Crippen LogP contribution in [0, 0.1) is 13.8 Å². The molecule has 1 atom stereocenters. The Bertz CT molecular complexity index is 391. The van der Waals surface area contributed by atoms with Crippen molar-refractivity contribution >= 4 is 11.6 Å². The molecule has 16 heavy (non-hydrogen) atoms. The van der Waals surface area contributed by atoms with Crippen molar-refractivity contribution in [1.82, 2.24) is 0 Å². The highest BCUT2D eigenvalue weighted by Gasteiger charge is 2.19. The van der Waals surface area contributed by atoms with Gasteiger partial charge in [0.15, 0.2) is 0 Å². The average molecular weight is 222 g/mol. The number of carbonyl (C=O) groups excluding carboxylic acids is 1. The third-order valence-electron chi connectivity index (χ3n) is 2.57. The molecule has 0 saturated heterocycles. The van der Waals surface area contributed by atoms with Crippen molar-refractivity contribution in [2.24, 2.45) is 5.73 Å². The van der Waals surface area contributed by atoms with Crippen LogP contribution >= 0.6 is 0 Å². The molecule has 0 saturated carbocycles. The zero-order valence-corrected chi connectivity index (χ0v) is 9.90. The van der Waals surface area contributed by atoms with E-state index < -0.39 is 6.04 Å². The van der Waals surface area contributed by atoms with E-state index in [-0.39, 0.29) is 12.5 Å². The fraction of sp³-hybridized carbons (Fsp3) is 0.417.